The predicted molar refractivity (Wildman–Crippen MR) is 144 cm³/mol. The van der Waals surface area contributed by atoms with Crippen LogP contribution >= 0.6 is 0 Å². The van der Waals surface area contributed by atoms with Gasteiger partial charge in [-0.1, -0.05) is 101 Å². The van der Waals surface area contributed by atoms with Gasteiger partial charge in [0.15, 0.2) is 0 Å². The Labute approximate surface area is 205 Å². The van der Waals surface area contributed by atoms with Crippen LogP contribution in [0.1, 0.15) is 90.4 Å². The minimum atomic E-state index is -0.0219. The SMILES string of the molecule is CCCCOC(=O)CCCCCCCCCCCCOc1cccc2cc3ccccc3cc12. The largest absolute Gasteiger partial charge is 0.493 e. The molecule has 0 saturated heterocycles. The van der Waals surface area contributed by atoms with Crippen molar-refractivity contribution in [3.8, 4) is 5.75 Å². The lowest BCUT2D eigenvalue weighted by Gasteiger charge is -2.10. The second-order valence-corrected chi connectivity index (χ2v) is 9.38. The third-order valence-corrected chi connectivity index (χ3v) is 6.50. The number of fused-ring (bicyclic) bond motifs is 2. The predicted octanol–water partition coefficient (Wildman–Crippen LogP) is 9.01. The molecule has 0 aliphatic rings. The summed E-state index contributed by atoms with van der Waals surface area (Å²) in [6.07, 6.45) is 14.8. The van der Waals surface area contributed by atoms with Crippen LogP contribution in [0.5, 0.6) is 5.75 Å². The number of hydrogen-bond acceptors (Lipinski definition) is 3. The Morgan fingerprint density at radius 2 is 1.26 bits per heavy atom. The van der Waals surface area contributed by atoms with Gasteiger partial charge in [-0.05, 0) is 53.6 Å². The molecule has 34 heavy (non-hydrogen) atoms. The van der Waals surface area contributed by atoms with Gasteiger partial charge in [0.1, 0.15) is 5.75 Å². The highest BCUT2D eigenvalue weighted by atomic mass is 16.5. The molecule has 0 amide bonds. The van der Waals surface area contributed by atoms with Crippen LogP contribution in [0.2, 0.25) is 0 Å². The van der Waals surface area contributed by atoms with Gasteiger partial charge >= 0.3 is 5.97 Å². The summed E-state index contributed by atoms with van der Waals surface area (Å²) in [4.78, 5) is 11.6. The molecule has 0 unspecified atom stereocenters. The molecule has 3 aromatic rings. The average molecular weight is 463 g/mol. The number of unbranched alkanes of at least 4 members (excludes halogenated alkanes) is 10. The van der Waals surface area contributed by atoms with E-state index in [4.69, 9.17) is 9.47 Å². The lowest BCUT2D eigenvalue weighted by atomic mass is 10.0. The summed E-state index contributed by atoms with van der Waals surface area (Å²) >= 11 is 0. The number of esters is 1. The van der Waals surface area contributed by atoms with E-state index in [1.807, 2.05) is 0 Å². The second kappa shape index (κ2) is 15.4. The summed E-state index contributed by atoms with van der Waals surface area (Å²) in [6, 6.07) is 19.3. The highest BCUT2D eigenvalue weighted by Crippen LogP contribution is 2.30. The van der Waals surface area contributed by atoms with Crippen molar-refractivity contribution >= 4 is 27.5 Å². The molecule has 0 aliphatic carbocycles. The van der Waals surface area contributed by atoms with E-state index in [0.29, 0.717) is 13.0 Å². The first-order valence-electron chi connectivity index (χ1n) is 13.5. The Kier molecular flexibility index (Phi) is 11.8. The van der Waals surface area contributed by atoms with Gasteiger partial charge in [0.05, 0.1) is 13.2 Å². The lowest BCUT2D eigenvalue weighted by molar-refractivity contribution is -0.143. The molecule has 0 atom stereocenters. The van der Waals surface area contributed by atoms with Gasteiger partial charge in [-0.15, -0.1) is 0 Å². The molecule has 0 fully saturated rings. The van der Waals surface area contributed by atoms with Crippen LogP contribution in [0.15, 0.2) is 54.6 Å². The highest BCUT2D eigenvalue weighted by Gasteiger charge is 2.05. The summed E-state index contributed by atoms with van der Waals surface area (Å²) in [5.74, 6) is 0.976. The Balaban J connectivity index is 1.20. The van der Waals surface area contributed by atoms with Crippen LogP contribution in [0, 0.1) is 0 Å². The van der Waals surface area contributed by atoms with Crippen LogP contribution in [0.25, 0.3) is 21.5 Å². The van der Waals surface area contributed by atoms with Crippen molar-refractivity contribution in [2.45, 2.75) is 90.4 Å². The first kappa shape index (κ1) is 26.1. The standard InChI is InChI=1S/C31H42O3/c1-2-3-22-34-31(32)21-12-10-8-6-4-5-7-9-11-15-23-33-30-20-16-19-28-24-26-17-13-14-18-27(26)25-29(28)30/h13-14,16-20,24-25H,2-12,15,21-23H2,1H3. The van der Waals surface area contributed by atoms with Crippen molar-refractivity contribution in [2.24, 2.45) is 0 Å². The van der Waals surface area contributed by atoms with E-state index in [-0.39, 0.29) is 5.97 Å². The van der Waals surface area contributed by atoms with Gasteiger partial charge < -0.3 is 9.47 Å². The molecule has 0 bridgehead atoms. The topological polar surface area (TPSA) is 35.5 Å². The van der Waals surface area contributed by atoms with Crippen molar-refractivity contribution in [3.63, 3.8) is 0 Å². The number of hydrogen-bond donors (Lipinski definition) is 0. The maximum atomic E-state index is 11.6. The molecule has 0 saturated carbocycles. The van der Waals surface area contributed by atoms with Gasteiger partial charge in [-0.3, -0.25) is 4.79 Å². The Bertz CT molecular complexity index is 994. The average Bonchev–Trinajstić information content (AvgIpc) is 2.86. The molecule has 0 radical (unpaired) electrons. The molecule has 3 rings (SSSR count). The van der Waals surface area contributed by atoms with Crippen LogP contribution in [0.4, 0.5) is 0 Å². The lowest BCUT2D eigenvalue weighted by Crippen LogP contribution is -2.05. The molecule has 184 valence electrons. The van der Waals surface area contributed by atoms with E-state index in [9.17, 15) is 4.79 Å². The number of carbonyl (C=O) groups is 1. The molecule has 3 aromatic carbocycles. The second-order valence-electron chi connectivity index (χ2n) is 9.38. The zero-order chi connectivity index (χ0) is 23.8. The fraction of sp³-hybridized carbons (Fsp3) is 0.516. The summed E-state index contributed by atoms with van der Waals surface area (Å²) in [6.45, 7) is 3.48. The van der Waals surface area contributed by atoms with Gasteiger partial charge in [0, 0.05) is 11.8 Å². The summed E-state index contributed by atoms with van der Waals surface area (Å²) in [5.41, 5.74) is 0. The van der Waals surface area contributed by atoms with E-state index in [2.05, 4.69) is 61.5 Å². The van der Waals surface area contributed by atoms with Crippen LogP contribution in [0.3, 0.4) is 0 Å². The maximum absolute atomic E-state index is 11.6. The minimum absolute atomic E-state index is 0.0219. The smallest absolute Gasteiger partial charge is 0.305 e. The molecule has 0 heterocycles. The zero-order valence-electron chi connectivity index (χ0n) is 21.0. The quantitative estimate of drug-likeness (QED) is 0.114. The van der Waals surface area contributed by atoms with E-state index < -0.39 is 0 Å². The summed E-state index contributed by atoms with van der Waals surface area (Å²) in [7, 11) is 0. The molecule has 0 aliphatic heterocycles. The number of rotatable bonds is 17. The first-order chi connectivity index (χ1) is 16.8. The van der Waals surface area contributed by atoms with Crippen molar-refractivity contribution < 1.29 is 14.3 Å². The monoisotopic (exact) mass is 462 g/mol. The third-order valence-electron chi connectivity index (χ3n) is 6.50. The molecular formula is C31H42O3. The van der Waals surface area contributed by atoms with E-state index in [1.165, 1.54) is 66.5 Å². The first-order valence-corrected chi connectivity index (χ1v) is 13.5. The van der Waals surface area contributed by atoms with Crippen LogP contribution < -0.4 is 4.74 Å². The van der Waals surface area contributed by atoms with Crippen molar-refractivity contribution in [1.29, 1.82) is 0 Å². The van der Waals surface area contributed by atoms with E-state index >= 15 is 0 Å². The fourth-order valence-electron chi connectivity index (χ4n) is 4.43. The van der Waals surface area contributed by atoms with Gasteiger partial charge in [-0.2, -0.15) is 0 Å². The van der Waals surface area contributed by atoms with Crippen molar-refractivity contribution in [1.82, 2.24) is 0 Å². The number of benzene rings is 3. The maximum Gasteiger partial charge on any atom is 0.305 e. The van der Waals surface area contributed by atoms with Gasteiger partial charge in [-0.25, -0.2) is 0 Å². The zero-order valence-corrected chi connectivity index (χ0v) is 21.0. The van der Waals surface area contributed by atoms with Gasteiger partial charge in [0.2, 0.25) is 0 Å². The molecule has 0 spiro atoms. The number of ether oxygens (including phenoxy) is 2. The van der Waals surface area contributed by atoms with Gasteiger partial charge in [0.25, 0.3) is 0 Å². The van der Waals surface area contributed by atoms with Crippen molar-refractivity contribution in [2.75, 3.05) is 13.2 Å². The van der Waals surface area contributed by atoms with Crippen LogP contribution in [-0.2, 0) is 9.53 Å². The Morgan fingerprint density at radius 3 is 1.97 bits per heavy atom. The highest BCUT2D eigenvalue weighted by molar-refractivity contribution is 6.00. The third kappa shape index (κ3) is 9.00. The number of carbonyl (C=O) groups excluding carboxylic acids is 1. The fourth-order valence-corrected chi connectivity index (χ4v) is 4.43. The van der Waals surface area contributed by atoms with Crippen molar-refractivity contribution in [3.05, 3.63) is 54.6 Å². The summed E-state index contributed by atoms with van der Waals surface area (Å²) in [5, 5.41) is 4.98. The minimum Gasteiger partial charge on any atom is -0.493 e. The molecule has 3 nitrogen and oxygen atoms in total. The molecular weight excluding hydrogens is 420 g/mol. The Morgan fingerprint density at radius 1 is 0.647 bits per heavy atom. The van der Waals surface area contributed by atoms with E-state index in [0.717, 1.165) is 44.5 Å². The van der Waals surface area contributed by atoms with E-state index in [1.54, 1.807) is 0 Å². The summed E-state index contributed by atoms with van der Waals surface area (Å²) < 4.78 is 11.4. The van der Waals surface area contributed by atoms with Crippen LogP contribution in [-0.4, -0.2) is 19.2 Å². The molecule has 0 N–H and O–H groups in total. The Hall–Kier alpha value is -2.55. The normalized spacial score (nSPS) is 11.2. The molecule has 3 heteroatoms. The molecule has 0 aromatic heterocycles.